The number of ether oxygens (including phenoxy) is 1. The van der Waals surface area contributed by atoms with Gasteiger partial charge in [-0.15, -0.1) is 0 Å². The first-order chi connectivity index (χ1) is 10.1. The Labute approximate surface area is 127 Å². The third-order valence-corrected chi connectivity index (χ3v) is 3.22. The first-order valence-corrected chi connectivity index (χ1v) is 7.37. The molecule has 1 aromatic carbocycles. The van der Waals surface area contributed by atoms with Crippen LogP contribution in [0.4, 0.5) is 0 Å². The number of aromatic hydroxyl groups is 1. The van der Waals surface area contributed by atoms with Gasteiger partial charge < -0.3 is 20.5 Å². The van der Waals surface area contributed by atoms with Crippen LogP contribution in [0, 0.1) is 5.92 Å². The molecule has 0 unspecified atom stereocenters. The van der Waals surface area contributed by atoms with Crippen LogP contribution in [0.5, 0.6) is 11.5 Å². The van der Waals surface area contributed by atoms with Crippen LogP contribution >= 0.6 is 0 Å². The van der Waals surface area contributed by atoms with Gasteiger partial charge in [-0.05, 0) is 30.4 Å². The zero-order chi connectivity index (χ0) is 15.7. The van der Waals surface area contributed by atoms with E-state index in [-0.39, 0.29) is 5.75 Å². The van der Waals surface area contributed by atoms with Crippen molar-refractivity contribution in [2.24, 2.45) is 10.9 Å². The Morgan fingerprint density at radius 1 is 1.29 bits per heavy atom. The number of hydrogen-bond acceptors (Lipinski definition) is 3. The predicted octanol–water partition coefficient (Wildman–Crippen LogP) is 2.15. The highest BCUT2D eigenvalue weighted by Gasteiger charge is 2.04. The SMILES string of the molecule is CN=C(NCCc1ccc(OC)cc1O)NCCC(C)C. The molecule has 0 heterocycles. The summed E-state index contributed by atoms with van der Waals surface area (Å²) >= 11 is 0. The van der Waals surface area contributed by atoms with E-state index in [1.165, 1.54) is 0 Å². The summed E-state index contributed by atoms with van der Waals surface area (Å²) in [6.07, 6.45) is 1.83. The number of phenols is 1. The number of hydrogen-bond donors (Lipinski definition) is 3. The highest BCUT2D eigenvalue weighted by Crippen LogP contribution is 2.23. The molecule has 0 saturated carbocycles. The van der Waals surface area contributed by atoms with Crippen LogP contribution in [-0.2, 0) is 6.42 Å². The van der Waals surface area contributed by atoms with Crippen molar-refractivity contribution in [1.29, 1.82) is 0 Å². The molecule has 0 radical (unpaired) electrons. The van der Waals surface area contributed by atoms with Crippen molar-refractivity contribution in [1.82, 2.24) is 10.6 Å². The van der Waals surface area contributed by atoms with E-state index in [9.17, 15) is 5.11 Å². The Balaban J connectivity index is 2.37. The Morgan fingerprint density at radius 3 is 2.57 bits per heavy atom. The van der Waals surface area contributed by atoms with Gasteiger partial charge >= 0.3 is 0 Å². The normalized spacial score (nSPS) is 11.6. The van der Waals surface area contributed by atoms with Gasteiger partial charge in [0.05, 0.1) is 7.11 Å². The second-order valence-corrected chi connectivity index (χ2v) is 5.35. The molecule has 21 heavy (non-hydrogen) atoms. The summed E-state index contributed by atoms with van der Waals surface area (Å²) in [6.45, 7) is 6.01. The fourth-order valence-corrected chi connectivity index (χ4v) is 1.90. The third-order valence-electron chi connectivity index (χ3n) is 3.22. The first-order valence-electron chi connectivity index (χ1n) is 7.37. The van der Waals surface area contributed by atoms with Gasteiger partial charge in [-0.3, -0.25) is 4.99 Å². The fourth-order valence-electron chi connectivity index (χ4n) is 1.90. The molecule has 0 aliphatic rings. The van der Waals surface area contributed by atoms with E-state index in [0.29, 0.717) is 18.2 Å². The number of guanidine groups is 1. The van der Waals surface area contributed by atoms with Crippen LogP contribution in [0.1, 0.15) is 25.8 Å². The topological polar surface area (TPSA) is 65.9 Å². The van der Waals surface area contributed by atoms with Crippen molar-refractivity contribution in [3.8, 4) is 11.5 Å². The lowest BCUT2D eigenvalue weighted by atomic mass is 10.1. The average Bonchev–Trinajstić information content (AvgIpc) is 2.46. The zero-order valence-electron chi connectivity index (χ0n) is 13.4. The van der Waals surface area contributed by atoms with Crippen LogP contribution in [-0.4, -0.2) is 38.3 Å². The van der Waals surface area contributed by atoms with Gasteiger partial charge in [0.2, 0.25) is 0 Å². The summed E-state index contributed by atoms with van der Waals surface area (Å²) in [5.74, 6) is 2.39. The first kappa shape index (κ1) is 17.1. The lowest BCUT2D eigenvalue weighted by Gasteiger charge is -2.13. The highest BCUT2D eigenvalue weighted by atomic mass is 16.5. The van der Waals surface area contributed by atoms with Gasteiger partial charge in [0.25, 0.3) is 0 Å². The van der Waals surface area contributed by atoms with Crippen molar-refractivity contribution < 1.29 is 9.84 Å². The summed E-state index contributed by atoms with van der Waals surface area (Å²) in [6, 6.07) is 5.36. The van der Waals surface area contributed by atoms with Crippen molar-refractivity contribution in [2.75, 3.05) is 27.2 Å². The van der Waals surface area contributed by atoms with E-state index < -0.39 is 0 Å². The summed E-state index contributed by atoms with van der Waals surface area (Å²) in [5, 5.41) is 16.4. The predicted molar refractivity (Wildman–Crippen MR) is 87.2 cm³/mol. The summed E-state index contributed by atoms with van der Waals surface area (Å²) in [4.78, 5) is 4.18. The molecule has 0 aliphatic heterocycles. The number of aliphatic imine (C=N–C) groups is 1. The number of rotatable bonds is 7. The Hall–Kier alpha value is -1.91. The van der Waals surface area contributed by atoms with Gasteiger partial charge in [0.1, 0.15) is 11.5 Å². The zero-order valence-corrected chi connectivity index (χ0v) is 13.4. The van der Waals surface area contributed by atoms with Gasteiger partial charge in [-0.1, -0.05) is 19.9 Å². The Bertz CT molecular complexity index is 459. The van der Waals surface area contributed by atoms with E-state index in [2.05, 4.69) is 29.5 Å². The Morgan fingerprint density at radius 2 is 2.00 bits per heavy atom. The maximum Gasteiger partial charge on any atom is 0.190 e. The minimum atomic E-state index is 0.263. The summed E-state index contributed by atoms with van der Waals surface area (Å²) in [5.41, 5.74) is 0.890. The maximum absolute atomic E-state index is 9.89. The lowest BCUT2D eigenvalue weighted by molar-refractivity contribution is 0.406. The van der Waals surface area contributed by atoms with Crippen LogP contribution in [0.15, 0.2) is 23.2 Å². The van der Waals surface area contributed by atoms with Crippen molar-refractivity contribution in [3.05, 3.63) is 23.8 Å². The Kier molecular flexibility index (Phi) is 7.43. The quantitative estimate of drug-likeness (QED) is 0.532. The van der Waals surface area contributed by atoms with E-state index in [0.717, 1.165) is 30.9 Å². The van der Waals surface area contributed by atoms with E-state index >= 15 is 0 Å². The van der Waals surface area contributed by atoms with Crippen LogP contribution < -0.4 is 15.4 Å². The minimum absolute atomic E-state index is 0.263. The number of nitrogens with one attached hydrogen (secondary N) is 2. The molecule has 3 N–H and O–H groups in total. The van der Waals surface area contributed by atoms with E-state index in [1.807, 2.05) is 12.1 Å². The van der Waals surface area contributed by atoms with Gasteiger partial charge in [0, 0.05) is 26.2 Å². The molecule has 5 heteroatoms. The number of nitrogens with zero attached hydrogens (tertiary/aromatic N) is 1. The van der Waals surface area contributed by atoms with Gasteiger partial charge in [-0.25, -0.2) is 0 Å². The molecule has 0 atom stereocenters. The molecule has 0 spiro atoms. The van der Waals surface area contributed by atoms with Crippen LogP contribution in [0.25, 0.3) is 0 Å². The van der Waals surface area contributed by atoms with Crippen LogP contribution in [0.2, 0.25) is 0 Å². The average molecular weight is 293 g/mol. The van der Waals surface area contributed by atoms with Crippen molar-refractivity contribution in [3.63, 3.8) is 0 Å². The highest BCUT2D eigenvalue weighted by molar-refractivity contribution is 5.79. The number of phenolic OH excluding ortho intramolecular Hbond substituents is 1. The number of benzene rings is 1. The molecule has 0 fully saturated rings. The van der Waals surface area contributed by atoms with Gasteiger partial charge in [-0.2, -0.15) is 0 Å². The molecule has 1 rings (SSSR count). The maximum atomic E-state index is 9.89. The van der Waals surface area contributed by atoms with Gasteiger partial charge in [0.15, 0.2) is 5.96 Å². The van der Waals surface area contributed by atoms with Crippen molar-refractivity contribution >= 4 is 5.96 Å². The third kappa shape index (κ3) is 6.38. The number of methoxy groups -OCH3 is 1. The minimum Gasteiger partial charge on any atom is -0.508 e. The summed E-state index contributed by atoms with van der Waals surface area (Å²) in [7, 11) is 3.35. The molecule has 1 aromatic rings. The van der Waals surface area contributed by atoms with E-state index in [1.54, 1.807) is 20.2 Å². The molecule has 0 aromatic heterocycles. The largest absolute Gasteiger partial charge is 0.508 e. The molecule has 0 saturated heterocycles. The molecule has 0 aliphatic carbocycles. The standard InChI is InChI=1S/C16H27N3O2/c1-12(2)7-9-18-16(17-3)19-10-8-13-5-6-14(21-4)11-15(13)20/h5-6,11-12,20H,7-10H2,1-4H3,(H2,17,18,19). The monoisotopic (exact) mass is 293 g/mol. The summed E-state index contributed by atoms with van der Waals surface area (Å²) < 4.78 is 5.07. The molecule has 5 nitrogen and oxygen atoms in total. The molecule has 0 bridgehead atoms. The second-order valence-electron chi connectivity index (χ2n) is 5.35. The lowest BCUT2D eigenvalue weighted by Crippen LogP contribution is -2.39. The molecular formula is C16H27N3O2. The second kappa shape index (κ2) is 9.10. The fraction of sp³-hybridized carbons (Fsp3) is 0.562. The van der Waals surface area contributed by atoms with Crippen molar-refractivity contribution in [2.45, 2.75) is 26.7 Å². The smallest absolute Gasteiger partial charge is 0.190 e. The van der Waals surface area contributed by atoms with Crippen LogP contribution in [0.3, 0.4) is 0 Å². The molecular weight excluding hydrogens is 266 g/mol. The molecule has 0 amide bonds. The van der Waals surface area contributed by atoms with E-state index in [4.69, 9.17) is 4.74 Å². The molecule has 118 valence electrons.